The molecule has 2 aromatic carbocycles. The summed E-state index contributed by atoms with van der Waals surface area (Å²) in [6.07, 6.45) is 5.80. The van der Waals surface area contributed by atoms with Crippen molar-refractivity contribution in [3.05, 3.63) is 101 Å². The molecule has 1 N–H and O–H groups in total. The van der Waals surface area contributed by atoms with Crippen molar-refractivity contribution >= 4 is 29.0 Å². The number of hydrogen-bond acceptors (Lipinski definition) is 4. The van der Waals surface area contributed by atoms with E-state index in [0.29, 0.717) is 5.56 Å². The van der Waals surface area contributed by atoms with Gasteiger partial charge in [0.1, 0.15) is 0 Å². The first-order valence-electron chi connectivity index (χ1n) is 11.6. The molecule has 0 fully saturated rings. The van der Waals surface area contributed by atoms with Crippen LogP contribution in [-0.2, 0) is 4.79 Å². The van der Waals surface area contributed by atoms with Gasteiger partial charge in [0, 0.05) is 28.5 Å². The van der Waals surface area contributed by atoms with E-state index in [1.54, 1.807) is 17.8 Å². The van der Waals surface area contributed by atoms with Crippen LogP contribution in [0.4, 0.5) is 5.69 Å². The predicted octanol–water partition coefficient (Wildman–Crippen LogP) is 7.84. The normalized spacial score (nSPS) is 16.6. The van der Waals surface area contributed by atoms with E-state index in [-0.39, 0.29) is 22.4 Å². The van der Waals surface area contributed by atoms with E-state index in [1.165, 1.54) is 0 Å². The van der Waals surface area contributed by atoms with Crippen LogP contribution in [0.5, 0.6) is 0 Å². The molecule has 0 saturated heterocycles. The molecule has 0 aromatic heterocycles. The predicted molar refractivity (Wildman–Crippen MR) is 145 cm³/mol. The van der Waals surface area contributed by atoms with Crippen molar-refractivity contribution < 1.29 is 9.59 Å². The molecule has 3 nitrogen and oxygen atoms in total. The second kappa shape index (κ2) is 9.79. The molecule has 2 aromatic rings. The molecular weight excluding hydrogens is 438 g/mol. The Kier molecular flexibility index (Phi) is 7.42. The van der Waals surface area contributed by atoms with Crippen molar-refractivity contribution in [1.29, 1.82) is 0 Å². The zero-order chi connectivity index (χ0) is 25.1. The summed E-state index contributed by atoms with van der Waals surface area (Å²) in [4.78, 5) is 26.5. The summed E-state index contributed by atoms with van der Waals surface area (Å²) in [7, 11) is 0. The first kappa shape index (κ1) is 25.8. The molecule has 0 heterocycles. The summed E-state index contributed by atoms with van der Waals surface area (Å²) in [5, 5.41) is 4.16. The summed E-state index contributed by atoms with van der Waals surface area (Å²) in [6.45, 7) is 14.6. The van der Waals surface area contributed by atoms with Crippen LogP contribution in [0, 0.1) is 10.8 Å². The van der Waals surface area contributed by atoms with Crippen molar-refractivity contribution in [2.24, 2.45) is 10.8 Å². The van der Waals surface area contributed by atoms with Crippen LogP contribution in [0.25, 0.3) is 0 Å². The summed E-state index contributed by atoms with van der Waals surface area (Å²) in [5.74, 6) is 0.0436. The number of benzene rings is 2. The van der Waals surface area contributed by atoms with E-state index in [2.05, 4.69) is 65.9 Å². The summed E-state index contributed by atoms with van der Waals surface area (Å²) in [6, 6.07) is 19.1. The van der Waals surface area contributed by atoms with E-state index in [9.17, 15) is 9.59 Å². The molecule has 0 saturated carbocycles. The number of para-hydroxylation sites is 1. The number of hydrogen-bond donors (Lipinski definition) is 1. The van der Waals surface area contributed by atoms with Gasteiger partial charge in [-0.05, 0) is 29.9 Å². The number of carbonyl (C=O) groups is 2. The average Bonchev–Trinajstić information content (AvgIpc) is 2.75. The van der Waals surface area contributed by atoms with Crippen molar-refractivity contribution in [3.63, 3.8) is 0 Å². The fraction of sp³-hybridized carbons (Fsp3) is 0.333. The highest BCUT2D eigenvalue weighted by molar-refractivity contribution is 8.04. The molecule has 0 unspecified atom stereocenters. The number of ketones is 2. The van der Waals surface area contributed by atoms with E-state index in [1.807, 2.05) is 60.7 Å². The molecule has 0 spiro atoms. The Morgan fingerprint density at radius 1 is 0.824 bits per heavy atom. The van der Waals surface area contributed by atoms with Crippen LogP contribution in [-0.4, -0.2) is 16.3 Å². The molecule has 0 bridgehead atoms. The van der Waals surface area contributed by atoms with Gasteiger partial charge in [-0.25, -0.2) is 0 Å². The topological polar surface area (TPSA) is 46.2 Å². The maximum atomic E-state index is 13.4. The zero-order valence-corrected chi connectivity index (χ0v) is 22.0. The number of allylic oxidation sites excluding steroid dienone is 3. The van der Waals surface area contributed by atoms with Gasteiger partial charge in [0.25, 0.3) is 0 Å². The van der Waals surface area contributed by atoms with E-state index < -0.39 is 4.75 Å². The number of nitrogens with one attached hydrogen (secondary N) is 1. The lowest BCUT2D eigenvalue weighted by Crippen LogP contribution is -2.34. The van der Waals surface area contributed by atoms with E-state index in [4.69, 9.17) is 0 Å². The Morgan fingerprint density at radius 2 is 1.29 bits per heavy atom. The van der Waals surface area contributed by atoms with Crippen molar-refractivity contribution in [3.8, 4) is 0 Å². The second-order valence-electron chi connectivity index (χ2n) is 11.0. The fourth-order valence-electron chi connectivity index (χ4n) is 3.86. The van der Waals surface area contributed by atoms with Gasteiger partial charge >= 0.3 is 0 Å². The van der Waals surface area contributed by atoms with Crippen molar-refractivity contribution in [1.82, 2.24) is 0 Å². The van der Waals surface area contributed by atoms with E-state index >= 15 is 0 Å². The van der Waals surface area contributed by atoms with Gasteiger partial charge < -0.3 is 5.32 Å². The summed E-state index contributed by atoms with van der Waals surface area (Å²) in [5.41, 5.74) is 2.57. The number of anilines is 1. The Hall–Kier alpha value is -2.85. The van der Waals surface area contributed by atoms with Gasteiger partial charge in [0.2, 0.25) is 0 Å². The summed E-state index contributed by atoms with van der Waals surface area (Å²) < 4.78 is -0.510. The van der Waals surface area contributed by atoms with Crippen LogP contribution in [0.1, 0.15) is 58.8 Å². The molecule has 0 atom stereocenters. The number of carbonyl (C=O) groups excluding carboxylic acids is 2. The quantitative estimate of drug-likeness (QED) is 0.343. The Balaban J connectivity index is 2.07. The SMILES string of the molecule is CC1(S/C(=C\C(=O)c2ccccc2)Nc2ccccc2)C=C(C(C)(C)C)C(=O)C(C(C)(C)C)=C1. The molecule has 34 heavy (non-hydrogen) atoms. The number of Topliss-reactive ketones (excluding diaryl/α,β-unsaturated/α-hetero) is 1. The maximum Gasteiger partial charge on any atom is 0.188 e. The van der Waals surface area contributed by atoms with Crippen LogP contribution >= 0.6 is 11.8 Å². The highest BCUT2D eigenvalue weighted by Crippen LogP contribution is 2.46. The zero-order valence-electron chi connectivity index (χ0n) is 21.2. The lowest BCUT2D eigenvalue weighted by molar-refractivity contribution is -0.114. The molecular formula is C30H35NO2S. The second-order valence-corrected chi connectivity index (χ2v) is 12.5. The fourth-order valence-corrected chi connectivity index (χ4v) is 5.02. The van der Waals surface area contributed by atoms with Gasteiger partial charge in [0.05, 0.1) is 9.78 Å². The molecule has 4 heteroatoms. The Labute approximate surface area is 208 Å². The first-order chi connectivity index (χ1) is 15.8. The van der Waals surface area contributed by atoms with Crippen molar-refractivity contribution in [2.45, 2.75) is 53.2 Å². The third-order valence-electron chi connectivity index (χ3n) is 5.66. The third-order valence-corrected chi connectivity index (χ3v) is 6.77. The largest absolute Gasteiger partial charge is 0.350 e. The maximum absolute atomic E-state index is 13.4. The van der Waals surface area contributed by atoms with Crippen molar-refractivity contribution in [2.75, 3.05) is 5.32 Å². The minimum Gasteiger partial charge on any atom is -0.350 e. The molecule has 0 radical (unpaired) electrons. The van der Waals surface area contributed by atoms with Gasteiger partial charge in [0.15, 0.2) is 11.6 Å². The van der Waals surface area contributed by atoms with Crippen LogP contribution in [0.15, 0.2) is 95.1 Å². The minimum atomic E-state index is -0.510. The highest BCUT2D eigenvalue weighted by atomic mass is 32.2. The van der Waals surface area contributed by atoms with E-state index in [0.717, 1.165) is 21.9 Å². The lowest BCUT2D eigenvalue weighted by Gasteiger charge is -2.37. The third kappa shape index (κ3) is 6.38. The number of rotatable bonds is 6. The lowest BCUT2D eigenvalue weighted by atomic mass is 9.71. The summed E-state index contributed by atoms with van der Waals surface area (Å²) >= 11 is 1.55. The standard InChI is InChI=1S/C30H35NO2S/c1-28(2,3)23-19-30(7,20-24(27(23)33)29(4,5)6)34-26(31-22-16-12-9-13-17-22)18-25(32)21-14-10-8-11-15-21/h8-20,31H,1-7H3/b26-18-. The van der Waals surface area contributed by atoms with Gasteiger partial charge in [-0.2, -0.15) is 0 Å². The minimum absolute atomic E-state index is 0.0675. The smallest absolute Gasteiger partial charge is 0.188 e. The van der Waals surface area contributed by atoms with Gasteiger partial charge in [-0.15, -0.1) is 0 Å². The molecule has 3 rings (SSSR count). The number of thioether (sulfide) groups is 1. The Morgan fingerprint density at radius 3 is 1.76 bits per heavy atom. The molecule has 1 aliphatic rings. The monoisotopic (exact) mass is 473 g/mol. The highest BCUT2D eigenvalue weighted by Gasteiger charge is 2.39. The molecule has 0 amide bonds. The molecule has 178 valence electrons. The Bertz CT molecular complexity index is 1110. The average molecular weight is 474 g/mol. The van der Waals surface area contributed by atoms with Crippen LogP contribution in [0.2, 0.25) is 0 Å². The van der Waals surface area contributed by atoms with Crippen LogP contribution < -0.4 is 5.32 Å². The van der Waals surface area contributed by atoms with Crippen LogP contribution in [0.3, 0.4) is 0 Å². The van der Waals surface area contributed by atoms with Gasteiger partial charge in [-0.1, -0.05) is 114 Å². The van der Waals surface area contributed by atoms with Gasteiger partial charge in [-0.3, -0.25) is 9.59 Å². The molecule has 0 aliphatic heterocycles. The molecule has 1 aliphatic carbocycles. The first-order valence-corrected chi connectivity index (χ1v) is 12.4.